The molecule has 0 radical (unpaired) electrons. The molecule has 4 heterocycles. The molecule has 3 saturated heterocycles. The van der Waals surface area contributed by atoms with Crippen LogP contribution >= 0.6 is 23.4 Å². The number of fused-ring (bicyclic) bond motifs is 2. The molecule has 6 rings (SSSR count). The van der Waals surface area contributed by atoms with Crippen molar-refractivity contribution < 1.29 is 14.3 Å². The summed E-state index contributed by atoms with van der Waals surface area (Å²) in [6.07, 6.45) is 6.57. The van der Waals surface area contributed by atoms with E-state index in [-0.39, 0.29) is 42.3 Å². The Morgan fingerprint density at radius 1 is 1.26 bits per heavy atom. The second-order valence-corrected chi connectivity index (χ2v) is 14.2. The Kier molecular flexibility index (Phi) is 9.00. The van der Waals surface area contributed by atoms with Crippen LogP contribution in [0.3, 0.4) is 0 Å². The maximum Gasteiger partial charge on any atom is 0.246 e. The van der Waals surface area contributed by atoms with Crippen LogP contribution in [0.5, 0.6) is 0 Å². The quantitative estimate of drug-likeness (QED) is 0.470. The zero-order valence-electron chi connectivity index (χ0n) is 24.3. The molecule has 6 unspecified atom stereocenters. The van der Waals surface area contributed by atoms with Crippen molar-refractivity contribution in [3.63, 3.8) is 0 Å². The number of halogens is 1. The fourth-order valence-electron chi connectivity index (χ4n) is 7.68. The number of ketones is 1. The predicted molar refractivity (Wildman–Crippen MR) is 163 cm³/mol. The number of likely N-dealkylation sites (N-methyl/N-ethyl adjacent to an activating group) is 1. The van der Waals surface area contributed by atoms with Gasteiger partial charge in [-0.2, -0.15) is 5.26 Å². The van der Waals surface area contributed by atoms with Crippen molar-refractivity contribution in [3.05, 3.63) is 41.4 Å². The number of rotatable bonds is 6. The Morgan fingerprint density at radius 2 is 2.12 bits per heavy atom. The minimum atomic E-state index is -0.511. The molecule has 11 heteroatoms. The van der Waals surface area contributed by atoms with Gasteiger partial charge in [-0.05, 0) is 69.8 Å². The van der Waals surface area contributed by atoms with Crippen molar-refractivity contribution in [2.24, 2.45) is 5.92 Å². The van der Waals surface area contributed by atoms with Crippen LogP contribution in [0, 0.1) is 17.2 Å². The smallest absolute Gasteiger partial charge is 0.246 e. The molecule has 1 aromatic rings. The van der Waals surface area contributed by atoms with Gasteiger partial charge >= 0.3 is 0 Å². The summed E-state index contributed by atoms with van der Waals surface area (Å²) in [6.45, 7) is 7.04. The Bertz CT molecular complexity index is 1260. The molecular formula is C31H41ClN6O3S. The van der Waals surface area contributed by atoms with Crippen molar-refractivity contribution >= 4 is 35.1 Å². The fourth-order valence-corrected chi connectivity index (χ4v) is 9.50. The number of nitrogens with zero attached hydrogens (tertiary/aromatic N) is 4. The van der Waals surface area contributed by atoms with E-state index in [1.54, 1.807) is 16.7 Å². The van der Waals surface area contributed by atoms with Crippen LogP contribution < -0.4 is 10.6 Å². The first-order chi connectivity index (χ1) is 20.3. The monoisotopic (exact) mass is 612 g/mol. The highest BCUT2D eigenvalue weighted by molar-refractivity contribution is 8.01. The number of hydrogen-bond donors (Lipinski definition) is 2. The summed E-state index contributed by atoms with van der Waals surface area (Å²) in [4.78, 5) is 34.6. The average Bonchev–Trinajstić information content (AvgIpc) is 3.42. The van der Waals surface area contributed by atoms with Gasteiger partial charge in [-0.3, -0.25) is 25.1 Å². The molecule has 2 N–H and O–H groups in total. The highest BCUT2D eigenvalue weighted by Gasteiger charge is 2.56. The summed E-state index contributed by atoms with van der Waals surface area (Å²) in [5.41, 5.74) is 1.22. The molecule has 1 spiro atoms. The van der Waals surface area contributed by atoms with E-state index < -0.39 is 11.1 Å². The van der Waals surface area contributed by atoms with Gasteiger partial charge in [0.15, 0.2) is 12.1 Å². The Balaban J connectivity index is 1.25. The molecule has 42 heavy (non-hydrogen) atoms. The first-order valence-electron chi connectivity index (χ1n) is 15.2. The number of nitriles is 1. The minimum absolute atomic E-state index is 0.0368. The number of amides is 1. The number of likely N-dealkylation sites (tertiary alicyclic amines) is 1. The third kappa shape index (κ3) is 5.65. The van der Waals surface area contributed by atoms with E-state index in [4.69, 9.17) is 16.3 Å². The zero-order chi connectivity index (χ0) is 29.4. The van der Waals surface area contributed by atoms with Gasteiger partial charge in [0.1, 0.15) is 0 Å². The lowest BCUT2D eigenvalue weighted by Crippen LogP contribution is -2.75. The van der Waals surface area contributed by atoms with Gasteiger partial charge in [-0.15, -0.1) is 11.8 Å². The Morgan fingerprint density at radius 3 is 2.88 bits per heavy atom. The fraction of sp³-hybridized carbons (Fsp3) is 0.645. The maximum atomic E-state index is 14.5. The van der Waals surface area contributed by atoms with E-state index in [0.717, 1.165) is 48.6 Å². The molecule has 9 nitrogen and oxygen atoms in total. The van der Waals surface area contributed by atoms with E-state index in [1.807, 2.05) is 12.1 Å². The van der Waals surface area contributed by atoms with Gasteiger partial charge in [0.25, 0.3) is 0 Å². The summed E-state index contributed by atoms with van der Waals surface area (Å²) in [6, 6.07) is 8.06. The predicted octanol–water partition coefficient (Wildman–Crippen LogP) is 2.99. The summed E-state index contributed by atoms with van der Waals surface area (Å²) in [5, 5.41) is 17.6. The van der Waals surface area contributed by atoms with E-state index in [9.17, 15) is 14.9 Å². The second kappa shape index (κ2) is 12.6. The standard InChI is InChI=1S/C31H41ClN6O3S/c1-3-25(39)38-17-16-37(18-21(38)11-14-33)29-23-10-13-31(12-9-20-6-4-8-24(32)27(20)42-31)28(40)26(23)34-30(35-29)41-19-22-7-5-15-36(22)2/h3-4,6,8,21-23,26,29-30,34-35H,1,5,7,9-13,15-19H2,2H3/t21?,22?,23?,26?,29?,30?,31-/m0/s1. The van der Waals surface area contributed by atoms with Gasteiger partial charge in [-0.25, -0.2) is 0 Å². The lowest BCUT2D eigenvalue weighted by molar-refractivity contribution is -0.145. The average molecular weight is 613 g/mol. The van der Waals surface area contributed by atoms with Gasteiger partial charge in [0.05, 0.1) is 47.1 Å². The van der Waals surface area contributed by atoms with Gasteiger partial charge in [0.2, 0.25) is 5.91 Å². The second-order valence-electron chi connectivity index (χ2n) is 12.4. The van der Waals surface area contributed by atoms with Gasteiger partial charge in [-0.1, -0.05) is 30.3 Å². The van der Waals surface area contributed by atoms with Crippen LogP contribution in [-0.4, -0.2) is 102 Å². The summed E-state index contributed by atoms with van der Waals surface area (Å²) in [7, 11) is 2.14. The molecule has 0 bridgehead atoms. The molecule has 1 saturated carbocycles. The van der Waals surface area contributed by atoms with Gasteiger partial charge in [0, 0.05) is 36.5 Å². The molecule has 4 aliphatic heterocycles. The number of piperazine rings is 1. The number of carbonyl (C=O) groups excluding carboxylic acids is 2. The summed E-state index contributed by atoms with van der Waals surface area (Å²) >= 11 is 8.29. The minimum Gasteiger partial charge on any atom is -0.348 e. The zero-order valence-corrected chi connectivity index (χ0v) is 25.8. The highest BCUT2D eigenvalue weighted by Crippen LogP contribution is 2.53. The van der Waals surface area contributed by atoms with Crippen molar-refractivity contribution in [3.8, 4) is 6.07 Å². The van der Waals surface area contributed by atoms with Crippen LogP contribution in [0.25, 0.3) is 0 Å². The van der Waals surface area contributed by atoms with Gasteiger partial charge < -0.3 is 14.5 Å². The number of nitrogens with one attached hydrogen (secondary N) is 2. The molecular weight excluding hydrogens is 572 g/mol. The number of benzene rings is 1. The third-order valence-electron chi connectivity index (χ3n) is 10.1. The molecule has 7 atom stereocenters. The topological polar surface area (TPSA) is 101 Å². The number of Topliss-reactive ketones (excluding diaryl/α,β-unsaturated/α-hetero) is 1. The first kappa shape index (κ1) is 30.1. The first-order valence-corrected chi connectivity index (χ1v) is 16.4. The molecule has 1 amide bonds. The van der Waals surface area contributed by atoms with Crippen molar-refractivity contribution in [1.29, 1.82) is 5.26 Å². The SMILES string of the molecule is C=CC(=O)N1CCN(C2NC(OCC3CCCN3C)NC3C(=O)[C@]4(CCc5cccc(Cl)c5S4)CCC32)CC1CC#N. The van der Waals surface area contributed by atoms with Crippen LogP contribution in [0.15, 0.2) is 35.7 Å². The van der Waals surface area contributed by atoms with E-state index in [2.05, 4.69) is 46.2 Å². The van der Waals surface area contributed by atoms with Crippen molar-refractivity contribution in [1.82, 2.24) is 25.3 Å². The van der Waals surface area contributed by atoms with Crippen LogP contribution in [0.2, 0.25) is 5.02 Å². The van der Waals surface area contributed by atoms with Crippen molar-refractivity contribution in [2.75, 3.05) is 39.8 Å². The molecule has 0 aromatic heterocycles. The normalized spacial score (nSPS) is 35.5. The van der Waals surface area contributed by atoms with E-state index in [0.29, 0.717) is 32.3 Å². The number of ether oxygens (including phenoxy) is 1. The largest absolute Gasteiger partial charge is 0.348 e. The molecule has 1 aliphatic carbocycles. The summed E-state index contributed by atoms with van der Waals surface area (Å²) in [5.74, 6) is 0.132. The maximum absolute atomic E-state index is 14.5. The Hall–Kier alpha value is -1.97. The number of aryl methyl sites for hydroxylation is 1. The molecule has 4 fully saturated rings. The van der Waals surface area contributed by atoms with Crippen LogP contribution in [0.4, 0.5) is 0 Å². The van der Waals surface area contributed by atoms with Crippen LogP contribution in [-0.2, 0) is 20.7 Å². The van der Waals surface area contributed by atoms with E-state index >= 15 is 0 Å². The molecule has 1 aromatic carbocycles. The number of hydrogen-bond acceptors (Lipinski definition) is 9. The number of thioether (sulfide) groups is 1. The summed E-state index contributed by atoms with van der Waals surface area (Å²) < 4.78 is 5.95. The van der Waals surface area contributed by atoms with E-state index in [1.165, 1.54) is 18.1 Å². The Labute approximate surface area is 257 Å². The van der Waals surface area contributed by atoms with Crippen molar-refractivity contribution in [2.45, 2.75) is 85.2 Å². The highest BCUT2D eigenvalue weighted by atomic mass is 35.5. The molecule has 226 valence electrons. The van der Waals surface area contributed by atoms with Crippen LogP contribution in [0.1, 0.15) is 44.1 Å². The molecule has 5 aliphatic rings. The third-order valence-corrected chi connectivity index (χ3v) is 12.2. The lowest BCUT2D eigenvalue weighted by atomic mass is 9.72. The number of carbonyl (C=O) groups is 2. The lowest BCUT2D eigenvalue weighted by Gasteiger charge is -2.55.